The lowest BCUT2D eigenvalue weighted by Gasteiger charge is -2.35. The van der Waals surface area contributed by atoms with E-state index in [1.54, 1.807) is 4.90 Å². The Kier molecular flexibility index (Phi) is 5.44. The number of anilines is 1. The van der Waals surface area contributed by atoms with Gasteiger partial charge in [-0.3, -0.25) is 9.59 Å². The first-order valence-corrected chi connectivity index (χ1v) is 7.60. The molecule has 0 unspecified atom stereocenters. The number of benzene rings is 1. The fourth-order valence-corrected chi connectivity index (χ4v) is 2.47. The average molecular weight is 310 g/mol. The lowest BCUT2D eigenvalue weighted by atomic mass is 10.2. The van der Waals surface area contributed by atoms with E-state index in [9.17, 15) is 9.59 Å². The highest BCUT2D eigenvalue weighted by molar-refractivity contribution is 6.35. The summed E-state index contributed by atoms with van der Waals surface area (Å²) in [6.45, 7) is 4.96. The molecule has 0 atom stereocenters. The Labute approximate surface area is 129 Å². The Hall–Kier alpha value is -1.75. The average Bonchev–Trinajstić information content (AvgIpc) is 2.52. The number of hydrogen-bond acceptors (Lipinski definition) is 3. The first-order chi connectivity index (χ1) is 10.1. The summed E-state index contributed by atoms with van der Waals surface area (Å²) in [5, 5.41) is 2.50. The van der Waals surface area contributed by atoms with Crippen LogP contribution in [0.1, 0.15) is 5.56 Å². The molecule has 0 aromatic heterocycles. The minimum Gasteiger partial charge on any atom is -0.368 e. The molecule has 1 saturated heterocycles. The number of carbonyl (C=O) groups is 2. The van der Waals surface area contributed by atoms with Crippen molar-refractivity contribution in [1.82, 2.24) is 10.2 Å². The van der Waals surface area contributed by atoms with Gasteiger partial charge in [0.2, 0.25) is 0 Å². The molecule has 0 bridgehead atoms. The Balaban J connectivity index is 1.88. The molecule has 6 heteroatoms. The summed E-state index contributed by atoms with van der Waals surface area (Å²) < 4.78 is 0. The van der Waals surface area contributed by atoms with E-state index in [0.717, 1.165) is 18.8 Å². The van der Waals surface area contributed by atoms with Crippen LogP contribution in [0.15, 0.2) is 24.3 Å². The molecule has 21 heavy (non-hydrogen) atoms. The summed E-state index contributed by atoms with van der Waals surface area (Å²) in [4.78, 5) is 27.4. The normalized spacial score (nSPS) is 15.0. The van der Waals surface area contributed by atoms with Crippen LogP contribution in [0.5, 0.6) is 0 Å². The van der Waals surface area contributed by atoms with Gasteiger partial charge >= 0.3 is 11.8 Å². The molecule has 0 radical (unpaired) electrons. The third-order valence-corrected chi connectivity index (χ3v) is 3.70. The molecule has 0 saturated carbocycles. The third kappa shape index (κ3) is 4.11. The first-order valence-electron chi connectivity index (χ1n) is 7.06. The molecule has 1 N–H and O–H groups in total. The van der Waals surface area contributed by atoms with E-state index in [2.05, 4.69) is 35.3 Å². The van der Waals surface area contributed by atoms with Gasteiger partial charge in [0.1, 0.15) is 0 Å². The van der Waals surface area contributed by atoms with Gasteiger partial charge in [0.05, 0.1) is 0 Å². The summed E-state index contributed by atoms with van der Waals surface area (Å²) >= 11 is 5.49. The highest BCUT2D eigenvalue weighted by Gasteiger charge is 2.25. The van der Waals surface area contributed by atoms with Crippen LogP contribution in [-0.2, 0) is 9.59 Å². The Bertz CT molecular complexity index is 513. The summed E-state index contributed by atoms with van der Waals surface area (Å²) in [5.41, 5.74) is 2.38. The molecule has 1 aliphatic rings. The van der Waals surface area contributed by atoms with Crippen LogP contribution >= 0.6 is 11.6 Å². The summed E-state index contributed by atoms with van der Waals surface area (Å²) in [7, 11) is 0. The van der Waals surface area contributed by atoms with Crippen LogP contribution in [0.2, 0.25) is 0 Å². The topological polar surface area (TPSA) is 52.7 Å². The van der Waals surface area contributed by atoms with Crippen molar-refractivity contribution in [1.29, 1.82) is 0 Å². The van der Waals surface area contributed by atoms with Crippen LogP contribution in [0.25, 0.3) is 0 Å². The SMILES string of the molecule is Cc1cccc(N2CCN(C(=O)C(=O)NCCCl)CC2)c1. The van der Waals surface area contributed by atoms with Crippen molar-refractivity contribution in [3.05, 3.63) is 29.8 Å². The zero-order chi connectivity index (χ0) is 15.2. The second-order valence-corrected chi connectivity index (χ2v) is 5.44. The van der Waals surface area contributed by atoms with E-state index in [4.69, 9.17) is 11.6 Å². The van der Waals surface area contributed by atoms with E-state index in [1.807, 2.05) is 6.07 Å². The molecule has 1 aromatic carbocycles. The van der Waals surface area contributed by atoms with Crippen LogP contribution in [0, 0.1) is 6.92 Å². The fourth-order valence-electron chi connectivity index (χ4n) is 2.37. The van der Waals surface area contributed by atoms with Gasteiger partial charge in [-0.15, -0.1) is 11.6 Å². The number of aryl methyl sites for hydroxylation is 1. The van der Waals surface area contributed by atoms with Gasteiger partial charge in [-0.1, -0.05) is 12.1 Å². The van der Waals surface area contributed by atoms with Gasteiger partial charge in [0.25, 0.3) is 0 Å². The highest BCUT2D eigenvalue weighted by Crippen LogP contribution is 2.17. The monoisotopic (exact) mass is 309 g/mol. The predicted octanol–water partition coefficient (Wildman–Crippen LogP) is 0.999. The third-order valence-electron chi connectivity index (χ3n) is 3.51. The molecule has 1 fully saturated rings. The molecule has 114 valence electrons. The number of halogens is 1. The molecular weight excluding hydrogens is 290 g/mol. The first kappa shape index (κ1) is 15.6. The number of nitrogens with one attached hydrogen (secondary N) is 1. The largest absolute Gasteiger partial charge is 0.368 e. The maximum absolute atomic E-state index is 12.0. The summed E-state index contributed by atoms with van der Waals surface area (Å²) in [6, 6.07) is 8.29. The standard InChI is InChI=1S/C15H20ClN3O2/c1-12-3-2-4-13(11-12)18-7-9-19(10-8-18)15(21)14(20)17-6-5-16/h2-4,11H,5-10H2,1H3,(H,17,20). The van der Waals surface area contributed by atoms with E-state index in [-0.39, 0.29) is 0 Å². The van der Waals surface area contributed by atoms with Crippen molar-refractivity contribution in [3.8, 4) is 0 Å². The Morgan fingerprint density at radius 1 is 1.24 bits per heavy atom. The minimum atomic E-state index is -0.570. The molecule has 2 rings (SSSR count). The van der Waals surface area contributed by atoms with E-state index >= 15 is 0 Å². The van der Waals surface area contributed by atoms with Crippen LogP contribution in [0.3, 0.4) is 0 Å². The van der Waals surface area contributed by atoms with Crippen molar-refractivity contribution in [2.45, 2.75) is 6.92 Å². The summed E-state index contributed by atoms with van der Waals surface area (Å²) in [5.74, 6) is -0.733. The van der Waals surface area contributed by atoms with Gasteiger partial charge < -0.3 is 15.1 Å². The lowest BCUT2D eigenvalue weighted by molar-refractivity contribution is -0.146. The number of rotatable bonds is 3. The fraction of sp³-hybridized carbons (Fsp3) is 0.467. The number of nitrogens with zero attached hydrogens (tertiary/aromatic N) is 2. The second kappa shape index (κ2) is 7.31. The Morgan fingerprint density at radius 2 is 1.95 bits per heavy atom. The van der Waals surface area contributed by atoms with Crippen LogP contribution in [0.4, 0.5) is 5.69 Å². The molecule has 5 nitrogen and oxygen atoms in total. The van der Waals surface area contributed by atoms with Crippen molar-refractivity contribution in [2.75, 3.05) is 43.5 Å². The maximum Gasteiger partial charge on any atom is 0.312 e. The molecule has 0 aliphatic carbocycles. The van der Waals surface area contributed by atoms with Gasteiger partial charge in [0.15, 0.2) is 0 Å². The van der Waals surface area contributed by atoms with Gasteiger partial charge in [0, 0.05) is 44.3 Å². The molecule has 2 amide bonds. The smallest absolute Gasteiger partial charge is 0.312 e. The molecule has 1 aromatic rings. The summed E-state index contributed by atoms with van der Waals surface area (Å²) in [6.07, 6.45) is 0. The number of amides is 2. The number of piperazine rings is 1. The number of alkyl halides is 1. The van der Waals surface area contributed by atoms with Gasteiger partial charge in [-0.2, -0.15) is 0 Å². The van der Waals surface area contributed by atoms with E-state index in [1.165, 1.54) is 5.56 Å². The molecule has 0 spiro atoms. The zero-order valence-electron chi connectivity index (χ0n) is 12.1. The molecule has 1 heterocycles. The predicted molar refractivity (Wildman–Crippen MR) is 83.7 cm³/mol. The maximum atomic E-state index is 12.0. The quantitative estimate of drug-likeness (QED) is 0.669. The number of hydrogen-bond donors (Lipinski definition) is 1. The highest BCUT2D eigenvalue weighted by atomic mass is 35.5. The van der Waals surface area contributed by atoms with Crippen molar-refractivity contribution in [3.63, 3.8) is 0 Å². The van der Waals surface area contributed by atoms with Crippen LogP contribution < -0.4 is 10.2 Å². The Morgan fingerprint density at radius 3 is 2.57 bits per heavy atom. The molecular formula is C15H20ClN3O2. The van der Waals surface area contributed by atoms with E-state index in [0.29, 0.717) is 25.5 Å². The number of carbonyl (C=O) groups excluding carboxylic acids is 2. The lowest BCUT2D eigenvalue weighted by Crippen LogP contribution is -2.52. The van der Waals surface area contributed by atoms with Crippen LogP contribution in [-0.4, -0.2) is 55.3 Å². The van der Waals surface area contributed by atoms with Gasteiger partial charge in [-0.05, 0) is 24.6 Å². The zero-order valence-corrected chi connectivity index (χ0v) is 12.9. The van der Waals surface area contributed by atoms with Crippen molar-refractivity contribution < 1.29 is 9.59 Å². The minimum absolute atomic E-state index is 0.306. The second-order valence-electron chi connectivity index (χ2n) is 5.06. The van der Waals surface area contributed by atoms with E-state index < -0.39 is 11.8 Å². The van der Waals surface area contributed by atoms with Gasteiger partial charge in [-0.25, -0.2) is 0 Å². The van der Waals surface area contributed by atoms with Crippen molar-refractivity contribution >= 4 is 29.1 Å². The van der Waals surface area contributed by atoms with Crippen molar-refractivity contribution in [2.24, 2.45) is 0 Å². The molecule has 1 aliphatic heterocycles.